The highest BCUT2D eigenvalue weighted by atomic mass is 16.2. The van der Waals surface area contributed by atoms with E-state index in [4.69, 9.17) is 10.1 Å². The quantitative estimate of drug-likeness (QED) is 0.297. The van der Waals surface area contributed by atoms with Crippen LogP contribution in [0.1, 0.15) is 49.6 Å². The highest BCUT2D eigenvalue weighted by molar-refractivity contribution is 5.78. The minimum atomic E-state index is -0.213. The molecule has 0 saturated carbocycles. The zero-order chi connectivity index (χ0) is 30.6. The van der Waals surface area contributed by atoms with E-state index in [9.17, 15) is 4.79 Å². The summed E-state index contributed by atoms with van der Waals surface area (Å²) >= 11 is 0. The van der Waals surface area contributed by atoms with Crippen molar-refractivity contribution < 1.29 is 4.79 Å². The molecule has 1 aromatic carbocycles. The summed E-state index contributed by atoms with van der Waals surface area (Å²) in [4.78, 5) is 33.8. The van der Waals surface area contributed by atoms with Crippen LogP contribution in [0.15, 0.2) is 67.4 Å². The minimum absolute atomic E-state index is 0.00558. The summed E-state index contributed by atoms with van der Waals surface area (Å²) in [7, 11) is 0. The number of pyridine rings is 1. The van der Waals surface area contributed by atoms with E-state index < -0.39 is 0 Å². The number of carbonyl (C=O) groups excluding carboxylic acids is 1. The lowest BCUT2D eigenvalue weighted by atomic mass is 9.77. The minimum Gasteiger partial charge on any atom is -0.369 e. The third-order valence-corrected chi connectivity index (χ3v) is 10.5. The fourth-order valence-electron chi connectivity index (χ4n) is 7.76. The number of aryl methyl sites for hydroxylation is 1. The lowest BCUT2D eigenvalue weighted by molar-refractivity contribution is 0.217. The third-order valence-electron chi connectivity index (χ3n) is 10.5. The fraction of sp³-hybridized carbons (Fsp3) is 0.441. The molecule has 0 radical (unpaired) electrons. The van der Waals surface area contributed by atoms with E-state index in [0.29, 0.717) is 19.5 Å². The Morgan fingerprint density at radius 2 is 1.71 bits per heavy atom. The molecule has 1 unspecified atom stereocenters. The number of aromatic nitrogens is 6. The zero-order valence-corrected chi connectivity index (χ0v) is 26.1. The van der Waals surface area contributed by atoms with E-state index in [-0.39, 0.29) is 17.0 Å². The smallest absolute Gasteiger partial charge is 0.317 e. The maximum absolute atomic E-state index is 13.1. The first-order chi connectivity index (χ1) is 21.9. The lowest BCUT2D eigenvalue weighted by Crippen LogP contribution is -2.52. The van der Waals surface area contributed by atoms with Crippen molar-refractivity contribution in [2.75, 3.05) is 49.1 Å². The summed E-state index contributed by atoms with van der Waals surface area (Å²) in [6, 6.07) is 13.2. The molecule has 1 atom stereocenters. The van der Waals surface area contributed by atoms with Gasteiger partial charge in [0.05, 0.1) is 17.4 Å². The molecule has 8 rings (SSSR count). The van der Waals surface area contributed by atoms with E-state index in [2.05, 4.69) is 81.5 Å². The van der Waals surface area contributed by atoms with Crippen molar-refractivity contribution in [3.8, 4) is 0 Å². The van der Waals surface area contributed by atoms with Gasteiger partial charge in [-0.05, 0) is 49.8 Å². The average molecular weight is 605 g/mol. The Kier molecular flexibility index (Phi) is 6.65. The first kappa shape index (κ1) is 27.8. The van der Waals surface area contributed by atoms with Crippen LogP contribution in [0.25, 0.3) is 11.3 Å². The number of rotatable bonds is 7. The van der Waals surface area contributed by atoms with Crippen LogP contribution in [0.2, 0.25) is 0 Å². The maximum Gasteiger partial charge on any atom is 0.317 e. The average Bonchev–Trinajstić information content (AvgIpc) is 3.86. The van der Waals surface area contributed by atoms with Gasteiger partial charge in [-0.25, -0.2) is 24.3 Å². The van der Waals surface area contributed by atoms with Gasteiger partial charge in [-0.15, -0.1) is 0 Å². The highest BCUT2D eigenvalue weighted by Crippen LogP contribution is 2.39. The van der Waals surface area contributed by atoms with Crippen LogP contribution in [-0.2, 0) is 11.8 Å². The van der Waals surface area contributed by atoms with E-state index in [0.717, 1.165) is 80.4 Å². The Bertz CT molecular complexity index is 1860. The Morgan fingerprint density at radius 3 is 2.51 bits per heavy atom. The molecule has 11 heteroatoms. The summed E-state index contributed by atoms with van der Waals surface area (Å²) < 4.78 is 3.93. The Morgan fingerprint density at radius 1 is 0.933 bits per heavy atom. The summed E-state index contributed by atoms with van der Waals surface area (Å²) in [6.45, 7) is 9.39. The highest BCUT2D eigenvalue weighted by Gasteiger charge is 2.44. The van der Waals surface area contributed by atoms with Crippen LogP contribution in [0.3, 0.4) is 0 Å². The number of nitrogens with zero attached hydrogens (tertiary/aromatic N) is 9. The summed E-state index contributed by atoms with van der Waals surface area (Å²) in [5.74, 6) is 1.67. The predicted octanol–water partition coefficient (Wildman–Crippen LogP) is 4.25. The van der Waals surface area contributed by atoms with Gasteiger partial charge in [-0.1, -0.05) is 37.3 Å². The molecule has 1 N–H and O–H groups in total. The molecule has 11 nitrogen and oxygen atoms in total. The Hall–Kier alpha value is -4.67. The molecule has 2 amide bonds. The molecule has 5 aromatic rings. The number of imidazole rings is 1. The zero-order valence-electron chi connectivity index (χ0n) is 26.1. The van der Waals surface area contributed by atoms with Crippen LogP contribution < -0.4 is 15.1 Å². The molecule has 232 valence electrons. The van der Waals surface area contributed by atoms with Gasteiger partial charge in [-0.2, -0.15) is 5.10 Å². The predicted molar refractivity (Wildman–Crippen MR) is 174 cm³/mol. The standard InChI is InChI=1S/C34H40N10O/c1-3-33(26-7-5-4-6-8-26)10-16-42(23-33)27-21-25(2)29-37-28(39-44(29)22-27)9-15-43-24-34(38-32(43)45)11-17-40(18-12-34)30-31-36-14-20-41(31)19-13-35-30/h4-8,13-14,19-22H,3,9-12,15-18,23-24H2,1-2H3,(H,38,45). The molecule has 3 fully saturated rings. The van der Waals surface area contributed by atoms with Crippen molar-refractivity contribution in [1.82, 2.24) is 39.2 Å². The molecule has 4 aromatic heterocycles. The van der Waals surface area contributed by atoms with E-state index >= 15 is 0 Å². The largest absolute Gasteiger partial charge is 0.369 e. The second-order valence-electron chi connectivity index (χ2n) is 13.1. The number of benzene rings is 1. The van der Waals surface area contributed by atoms with Crippen LogP contribution in [0, 0.1) is 6.92 Å². The number of carbonyl (C=O) groups is 1. The van der Waals surface area contributed by atoms with Gasteiger partial charge in [0.25, 0.3) is 0 Å². The first-order valence-electron chi connectivity index (χ1n) is 16.2. The molecular weight excluding hydrogens is 564 g/mol. The van der Waals surface area contributed by atoms with Crippen molar-refractivity contribution in [2.24, 2.45) is 0 Å². The van der Waals surface area contributed by atoms with Crippen LogP contribution in [0.4, 0.5) is 16.3 Å². The van der Waals surface area contributed by atoms with Gasteiger partial charge < -0.3 is 24.4 Å². The molecular formula is C34H40N10O. The molecule has 3 saturated heterocycles. The number of hydrogen-bond acceptors (Lipinski definition) is 7. The molecule has 0 bridgehead atoms. The topological polar surface area (TPSA) is 99.2 Å². The number of hydrogen-bond donors (Lipinski definition) is 1. The number of anilines is 2. The lowest BCUT2D eigenvalue weighted by Gasteiger charge is -2.39. The summed E-state index contributed by atoms with van der Waals surface area (Å²) in [6.07, 6.45) is 14.2. The van der Waals surface area contributed by atoms with Gasteiger partial charge in [0.2, 0.25) is 0 Å². The number of fused-ring (bicyclic) bond motifs is 2. The maximum atomic E-state index is 13.1. The number of piperidine rings is 1. The van der Waals surface area contributed by atoms with Crippen LogP contribution in [-0.4, -0.2) is 84.7 Å². The number of urea groups is 1. The van der Waals surface area contributed by atoms with Gasteiger partial charge in [0.15, 0.2) is 22.9 Å². The monoisotopic (exact) mass is 604 g/mol. The van der Waals surface area contributed by atoms with Crippen molar-refractivity contribution in [3.63, 3.8) is 0 Å². The first-order valence-corrected chi connectivity index (χ1v) is 16.2. The molecule has 3 aliphatic heterocycles. The Balaban J connectivity index is 0.920. The molecule has 45 heavy (non-hydrogen) atoms. The normalized spacial score (nSPS) is 21.5. The fourth-order valence-corrected chi connectivity index (χ4v) is 7.76. The number of amides is 2. The Labute approximate surface area is 262 Å². The summed E-state index contributed by atoms with van der Waals surface area (Å²) in [5, 5.41) is 8.20. The SMILES string of the molecule is CCC1(c2ccccc2)CCN(c2cc(C)c3nc(CCN4CC5(CCN(c6nccn7ccnc67)CC5)NC4=O)nn3c2)C1. The van der Waals surface area contributed by atoms with Crippen molar-refractivity contribution in [1.29, 1.82) is 0 Å². The van der Waals surface area contributed by atoms with Gasteiger partial charge in [0, 0.05) is 75.9 Å². The summed E-state index contributed by atoms with van der Waals surface area (Å²) in [5.41, 5.74) is 5.45. The molecule has 7 heterocycles. The van der Waals surface area contributed by atoms with Crippen LogP contribution >= 0.6 is 0 Å². The third kappa shape index (κ3) is 4.85. The van der Waals surface area contributed by atoms with E-state index in [1.54, 1.807) is 6.20 Å². The van der Waals surface area contributed by atoms with Gasteiger partial charge in [0.1, 0.15) is 0 Å². The van der Waals surface area contributed by atoms with E-state index in [1.165, 1.54) is 11.3 Å². The van der Waals surface area contributed by atoms with Crippen LogP contribution in [0.5, 0.6) is 0 Å². The molecule has 0 aliphatic carbocycles. The van der Waals surface area contributed by atoms with Gasteiger partial charge >= 0.3 is 6.03 Å². The molecule has 3 aliphatic rings. The van der Waals surface area contributed by atoms with Crippen molar-refractivity contribution in [2.45, 2.75) is 56.9 Å². The number of nitrogens with one attached hydrogen (secondary N) is 1. The van der Waals surface area contributed by atoms with E-state index in [1.807, 2.05) is 32.4 Å². The van der Waals surface area contributed by atoms with Gasteiger partial charge in [-0.3, -0.25) is 0 Å². The molecule has 1 spiro atoms. The second-order valence-corrected chi connectivity index (χ2v) is 13.1. The second kappa shape index (κ2) is 10.7. The van der Waals surface area contributed by atoms with Crippen molar-refractivity contribution in [3.05, 3.63) is 84.3 Å². The van der Waals surface area contributed by atoms with Crippen molar-refractivity contribution >= 4 is 28.8 Å².